The summed E-state index contributed by atoms with van der Waals surface area (Å²) < 4.78 is 5.69. The molecule has 0 saturated carbocycles. The fraction of sp³-hybridized carbons (Fsp3) is 0. The highest BCUT2D eigenvalue weighted by molar-refractivity contribution is 6.28. The number of hydrogen-bond acceptors (Lipinski definition) is 5. The van der Waals surface area contributed by atoms with Crippen molar-refractivity contribution >= 4 is 29.4 Å². The van der Waals surface area contributed by atoms with Gasteiger partial charge in [0.1, 0.15) is 17.2 Å². The van der Waals surface area contributed by atoms with E-state index >= 15 is 0 Å². The van der Waals surface area contributed by atoms with Crippen molar-refractivity contribution in [2.75, 3.05) is 4.90 Å². The number of carbonyl (C=O) groups excluding carboxylic acids is 2. The highest BCUT2D eigenvalue weighted by Crippen LogP contribution is 2.27. The maximum Gasteiger partial charge on any atom is 0.333 e. The predicted octanol–water partition coefficient (Wildman–Crippen LogP) is 3.95. The zero-order valence-electron chi connectivity index (χ0n) is 14.4. The molecule has 1 fully saturated rings. The molecule has 0 spiro atoms. The van der Waals surface area contributed by atoms with Crippen molar-refractivity contribution in [3.05, 3.63) is 88.3 Å². The van der Waals surface area contributed by atoms with Gasteiger partial charge in [0.15, 0.2) is 0 Å². The van der Waals surface area contributed by atoms with E-state index in [2.05, 4.69) is 5.32 Å². The van der Waals surface area contributed by atoms with E-state index in [1.54, 1.807) is 54.6 Å². The SMILES string of the molecule is O=C1N/C(=C\c2ccc(-c3ccc([N+](=O)[O-])cc3)o2)C(=O)N1c1ccccc1. The van der Waals surface area contributed by atoms with Crippen LogP contribution in [-0.4, -0.2) is 16.9 Å². The summed E-state index contributed by atoms with van der Waals surface area (Å²) >= 11 is 0. The molecule has 0 aliphatic carbocycles. The van der Waals surface area contributed by atoms with Crippen LogP contribution < -0.4 is 10.2 Å². The summed E-state index contributed by atoms with van der Waals surface area (Å²) in [5.41, 5.74) is 1.21. The minimum absolute atomic E-state index is 0.0158. The van der Waals surface area contributed by atoms with Gasteiger partial charge in [-0.1, -0.05) is 18.2 Å². The Labute approximate surface area is 158 Å². The number of amides is 3. The van der Waals surface area contributed by atoms with Crippen molar-refractivity contribution in [2.24, 2.45) is 0 Å². The van der Waals surface area contributed by atoms with Crippen LogP contribution in [-0.2, 0) is 4.79 Å². The van der Waals surface area contributed by atoms with E-state index in [-0.39, 0.29) is 11.4 Å². The third-order valence-corrected chi connectivity index (χ3v) is 4.17. The molecule has 0 bridgehead atoms. The van der Waals surface area contributed by atoms with Crippen molar-refractivity contribution in [1.29, 1.82) is 0 Å². The largest absolute Gasteiger partial charge is 0.457 e. The van der Waals surface area contributed by atoms with Crippen molar-refractivity contribution in [1.82, 2.24) is 5.32 Å². The number of benzene rings is 2. The van der Waals surface area contributed by atoms with Gasteiger partial charge in [-0.2, -0.15) is 0 Å². The van der Waals surface area contributed by atoms with Crippen LogP contribution in [0, 0.1) is 10.1 Å². The quantitative estimate of drug-likeness (QED) is 0.322. The van der Waals surface area contributed by atoms with Crippen LogP contribution in [0.5, 0.6) is 0 Å². The zero-order chi connectivity index (χ0) is 19.7. The number of urea groups is 1. The Balaban J connectivity index is 1.58. The molecule has 1 aliphatic heterocycles. The van der Waals surface area contributed by atoms with E-state index in [0.29, 0.717) is 22.8 Å². The first-order chi connectivity index (χ1) is 13.5. The highest BCUT2D eigenvalue weighted by Gasteiger charge is 2.34. The Kier molecular flexibility index (Phi) is 4.21. The number of nitrogens with zero attached hydrogens (tertiary/aromatic N) is 2. The van der Waals surface area contributed by atoms with E-state index in [9.17, 15) is 19.7 Å². The number of hydrogen-bond donors (Lipinski definition) is 1. The summed E-state index contributed by atoms with van der Waals surface area (Å²) in [5.74, 6) is 0.370. The minimum atomic E-state index is -0.537. The molecule has 28 heavy (non-hydrogen) atoms. The van der Waals surface area contributed by atoms with Crippen LogP contribution in [0.25, 0.3) is 17.4 Å². The summed E-state index contributed by atoms with van der Waals surface area (Å²) in [6.45, 7) is 0. The van der Waals surface area contributed by atoms with E-state index in [4.69, 9.17) is 4.42 Å². The maximum absolute atomic E-state index is 12.6. The molecule has 4 rings (SSSR count). The van der Waals surface area contributed by atoms with Crippen LogP contribution in [0.15, 0.2) is 76.8 Å². The molecular formula is C20H13N3O5. The lowest BCUT2D eigenvalue weighted by Gasteiger charge is -2.10. The van der Waals surface area contributed by atoms with E-state index in [0.717, 1.165) is 4.90 Å². The fourth-order valence-electron chi connectivity index (χ4n) is 2.82. The molecule has 0 atom stereocenters. The number of nitrogens with one attached hydrogen (secondary N) is 1. The molecular weight excluding hydrogens is 362 g/mol. The molecule has 1 aromatic heterocycles. The van der Waals surface area contributed by atoms with Crippen molar-refractivity contribution in [2.45, 2.75) is 0 Å². The third-order valence-electron chi connectivity index (χ3n) is 4.17. The third kappa shape index (κ3) is 3.14. The van der Waals surface area contributed by atoms with Crippen molar-refractivity contribution in [3.8, 4) is 11.3 Å². The monoisotopic (exact) mass is 375 g/mol. The van der Waals surface area contributed by atoms with Crippen LogP contribution in [0.3, 0.4) is 0 Å². The van der Waals surface area contributed by atoms with E-state index < -0.39 is 16.9 Å². The van der Waals surface area contributed by atoms with Gasteiger partial charge >= 0.3 is 6.03 Å². The topological polar surface area (TPSA) is 106 Å². The van der Waals surface area contributed by atoms with Gasteiger partial charge in [-0.05, 0) is 36.4 Å². The predicted molar refractivity (Wildman–Crippen MR) is 101 cm³/mol. The number of anilines is 1. The Morgan fingerprint density at radius 1 is 0.964 bits per heavy atom. The molecule has 1 saturated heterocycles. The second kappa shape index (κ2) is 6.84. The Morgan fingerprint density at radius 2 is 1.68 bits per heavy atom. The van der Waals surface area contributed by atoms with Gasteiger partial charge in [0.2, 0.25) is 0 Å². The number of rotatable bonds is 4. The first kappa shape index (κ1) is 17.2. The van der Waals surface area contributed by atoms with Crippen molar-refractivity contribution < 1.29 is 18.9 Å². The Hall–Kier alpha value is -4.20. The van der Waals surface area contributed by atoms with Crippen LogP contribution >= 0.6 is 0 Å². The van der Waals surface area contributed by atoms with Gasteiger partial charge in [-0.15, -0.1) is 0 Å². The van der Waals surface area contributed by atoms with Gasteiger partial charge in [0.05, 0.1) is 10.6 Å². The van der Waals surface area contributed by atoms with Crippen molar-refractivity contribution in [3.63, 3.8) is 0 Å². The standard InChI is InChI=1S/C20H13N3O5/c24-19-17(21-20(25)22(19)14-4-2-1-3-5-14)12-16-10-11-18(28-16)13-6-8-15(9-7-13)23(26)27/h1-12H,(H,21,25)/b17-12-. The molecule has 1 N–H and O–H groups in total. The lowest BCUT2D eigenvalue weighted by Crippen LogP contribution is -2.30. The Morgan fingerprint density at radius 3 is 2.36 bits per heavy atom. The number of non-ortho nitro benzene ring substituents is 1. The fourth-order valence-corrected chi connectivity index (χ4v) is 2.82. The number of nitro groups is 1. The summed E-state index contributed by atoms with van der Waals surface area (Å²) in [4.78, 5) is 36.0. The molecule has 2 heterocycles. The molecule has 138 valence electrons. The molecule has 3 aromatic rings. The van der Waals surface area contributed by atoms with Gasteiger partial charge in [-0.25, -0.2) is 9.69 Å². The Bertz CT molecular complexity index is 1100. The summed E-state index contributed by atoms with van der Waals surface area (Å²) in [7, 11) is 0. The first-order valence-electron chi connectivity index (χ1n) is 8.30. The van der Waals surface area contributed by atoms with Gasteiger partial charge in [0.25, 0.3) is 11.6 Å². The number of carbonyl (C=O) groups is 2. The molecule has 3 amide bonds. The average molecular weight is 375 g/mol. The number of imide groups is 1. The summed E-state index contributed by atoms with van der Waals surface area (Å²) in [6, 6.07) is 17.3. The summed E-state index contributed by atoms with van der Waals surface area (Å²) in [5, 5.41) is 13.3. The first-order valence-corrected chi connectivity index (χ1v) is 8.30. The molecule has 1 aliphatic rings. The van der Waals surface area contributed by atoms with Crippen LogP contribution in [0.4, 0.5) is 16.2 Å². The van der Waals surface area contributed by atoms with Crippen LogP contribution in [0.2, 0.25) is 0 Å². The maximum atomic E-state index is 12.6. The molecule has 8 nitrogen and oxygen atoms in total. The normalized spacial score (nSPS) is 15.1. The number of para-hydroxylation sites is 1. The highest BCUT2D eigenvalue weighted by atomic mass is 16.6. The van der Waals surface area contributed by atoms with Gasteiger partial charge in [0, 0.05) is 23.8 Å². The smallest absolute Gasteiger partial charge is 0.333 e. The number of furan rings is 1. The molecule has 2 aromatic carbocycles. The molecule has 0 radical (unpaired) electrons. The lowest BCUT2D eigenvalue weighted by atomic mass is 10.1. The minimum Gasteiger partial charge on any atom is -0.457 e. The van der Waals surface area contributed by atoms with Gasteiger partial charge < -0.3 is 9.73 Å². The zero-order valence-corrected chi connectivity index (χ0v) is 14.4. The average Bonchev–Trinajstić information content (AvgIpc) is 3.27. The number of nitro benzene ring substituents is 1. The van der Waals surface area contributed by atoms with E-state index in [1.807, 2.05) is 0 Å². The molecule has 0 unspecified atom stereocenters. The van der Waals surface area contributed by atoms with E-state index in [1.165, 1.54) is 18.2 Å². The summed E-state index contributed by atoms with van der Waals surface area (Å²) in [6.07, 6.45) is 1.44. The second-order valence-electron chi connectivity index (χ2n) is 5.97. The van der Waals surface area contributed by atoms with Gasteiger partial charge in [-0.3, -0.25) is 14.9 Å². The lowest BCUT2D eigenvalue weighted by molar-refractivity contribution is -0.384. The molecule has 8 heteroatoms. The second-order valence-corrected chi connectivity index (χ2v) is 5.97. The van der Waals surface area contributed by atoms with Crippen LogP contribution in [0.1, 0.15) is 5.76 Å².